The van der Waals surface area contributed by atoms with Crippen molar-refractivity contribution in [2.24, 2.45) is 11.8 Å². The van der Waals surface area contributed by atoms with Crippen LogP contribution < -0.4 is 4.90 Å². The van der Waals surface area contributed by atoms with Crippen molar-refractivity contribution in [1.29, 1.82) is 0 Å². The molecule has 30 heavy (non-hydrogen) atoms. The van der Waals surface area contributed by atoms with E-state index in [1.165, 1.54) is 4.90 Å². The Labute approximate surface area is 180 Å². The molecule has 2 bridgehead atoms. The van der Waals surface area contributed by atoms with Crippen LogP contribution in [-0.4, -0.2) is 11.8 Å². The fraction of sp³-hybridized carbons (Fsp3) is 0.231. The summed E-state index contributed by atoms with van der Waals surface area (Å²) in [5, 5.41) is 0. The van der Waals surface area contributed by atoms with Gasteiger partial charge in [-0.1, -0.05) is 54.6 Å². The largest absolute Gasteiger partial charge is 0.274 e. The fourth-order valence-corrected chi connectivity index (χ4v) is 6.37. The van der Waals surface area contributed by atoms with E-state index < -0.39 is 16.7 Å². The average molecular weight is 414 g/mol. The van der Waals surface area contributed by atoms with Crippen LogP contribution in [0.5, 0.6) is 0 Å². The first-order valence-corrected chi connectivity index (χ1v) is 10.6. The number of benzene rings is 3. The predicted molar refractivity (Wildman–Crippen MR) is 117 cm³/mol. The van der Waals surface area contributed by atoms with Gasteiger partial charge in [0.25, 0.3) is 0 Å². The van der Waals surface area contributed by atoms with Crippen molar-refractivity contribution in [2.75, 3.05) is 4.90 Å². The number of alkyl halides is 1. The van der Waals surface area contributed by atoms with Crippen LogP contribution in [0.15, 0.2) is 66.7 Å². The predicted octanol–water partition coefficient (Wildman–Crippen LogP) is 5.05. The van der Waals surface area contributed by atoms with E-state index >= 15 is 0 Å². The van der Waals surface area contributed by atoms with Gasteiger partial charge < -0.3 is 0 Å². The van der Waals surface area contributed by atoms with Crippen LogP contribution in [0.4, 0.5) is 5.69 Å². The molecular weight excluding hydrogens is 394 g/mol. The minimum Gasteiger partial charge on any atom is -0.274 e. The summed E-state index contributed by atoms with van der Waals surface area (Å²) in [5.41, 5.74) is 6.86. The van der Waals surface area contributed by atoms with Gasteiger partial charge in [0.1, 0.15) is 4.87 Å². The number of hydrogen-bond donors (Lipinski definition) is 0. The summed E-state index contributed by atoms with van der Waals surface area (Å²) >= 11 is 7.43. The van der Waals surface area contributed by atoms with Gasteiger partial charge in [0.05, 0.1) is 17.5 Å². The van der Waals surface area contributed by atoms with Crippen LogP contribution in [-0.2, 0) is 14.5 Å². The van der Waals surface area contributed by atoms with E-state index in [0.717, 1.165) is 33.4 Å². The molecule has 7 rings (SSSR count). The third-order valence-corrected chi connectivity index (χ3v) is 7.91. The van der Waals surface area contributed by atoms with E-state index in [9.17, 15) is 9.59 Å². The highest BCUT2D eigenvalue weighted by molar-refractivity contribution is 6.33. The quantitative estimate of drug-likeness (QED) is 0.413. The van der Waals surface area contributed by atoms with Crippen LogP contribution in [0, 0.1) is 25.7 Å². The molecule has 0 radical (unpaired) electrons. The molecule has 1 fully saturated rings. The first-order chi connectivity index (χ1) is 14.4. The summed E-state index contributed by atoms with van der Waals surface area (Å²) in [4.78, 5) is 27.9. The molecule has 0 aromatic heterocycles. The number of anilines is 1. The molecule has 1 heterocycles. The number of rotatable bonds is 1. The van der Waals surface area contributed by atoms with Gasteiger partial charge in [-0.3, -0.25) is 9.59 Å². The highest BCUT2D eigenvalue weighted by Crippen LogP contribution is 2.65. The summed E-state index contributed by atoms with van der Waals surface area (Å²) in [7, 11) is 0. The molecule has 4 aliphatic rings. The number of halogens is 1. The van der Waals surface area contributed by atoms with Gasteiger partial charge in [-0.15, -0.1) is 11.6 Å². The normalized spacial score (nSPS) is 28.4. The van der Waals surface area contributed by atoms with Crippen LogP contribution in [0.2, 0.25) is 0 Å². The minimum absolute atomic E-state index is 0.146. The van der Waals surface area contributed by atoms with Gasteiger partial charge in [-0.05, 0) is 59.4 Å². The van der Waals surface area contributed by atoms with Crippen LogP contribution in [0.25, 0.3) is 0 Å². The Morgan fingerprint density at radius 2 is 1.40 bits per heavy atom. The van der Waals surface area contributed by atoms with Crippen molar-refractivity contribution in [3.8, 4) is 0 Å². The molecule has 0 N–H and O–H groups in total. The molecule has 1 aliphatic heterocycles. The van der Waals surface area contributed by atoms with Crippen LogP contribution >= 0.6 is 11.6 Å². The second kappa shape index (κ2) is 5.83. The molecule has 2 atom stereocenters. The lowest BCUT2D eigenvalue weighted by Crippen LogP contribution is -2.50. The average Bonchev–Trinajstić information content (AvgIpc) is 3.02. The second-order valence-electron chi connectivity index (χ2n) is 8.65. The van der Waals surface area contributed by atoms with Crippen molar-refractivity contribution in [3.63, 3.8) is 0 Å². The highest BCUT2D eigenvalue weighted by atomic mass is 35.5. The number of nitrogens with zero attached hydrogens (tertiary/aromatic N) is 1. The zero-order valence-electron chi connectivity index (χ0n) is 16.7. The molecule has 2 amide bonds. The van der Waals surface area contributed by atoms with E-state index in [4.69, 9.17) is 11.6 Å². The third kappa shape index (κ3) is 1.96. The standard InChI is InChI=1S/C26H20ClNO2/c1-14-11-12-16(13-15(14)2)28-24(29)22-21-17-7-3-5-9-19(17)26(27,23(22)25(28)30)20-10-6-4-8-18(20)21/h3-13,21-23H,1-2H3/t21?,22-,23+,26?/m1/s1. The summed E-state index contributed by atoms with van der Waals surface area (Å²) in [6.45, 7) is 4.02. The Morgan fingerprint density at radius 1 is 0.800 bits per heavy atom. The van der Waals surface area contributed by atoms with Gasteiger partial charge in [0.2, 0.25) is 11.8 Å². The summed E-state index contributed by atoms with van der Waals surface area (Å²) in [6, 6.07) is 21.8. The minimum atomic E-state index is -1.03. The number of imide groups is 1. The molecule has 3 aliphatic carbocycles. The van der Waals surface area contributed by atoms with Crippen molar-refractivity contribution < 1.29 is 9.59 Å². The Balaban J connectivity index is 1.60. The molecule has 0 spiro atoms. The van der Waals surface area contributed by atoms with E-state index in [-0.39, 0.29) is 17.7 Å². The molecule has 1 saturated heterocycles. The van der Waals surface area contributed by atoms with Gasteiger partial charge in [0, 0.05) is 5.92 Å². The second-order valence-corrected chi connectivity index (χ2v) is 9.24. The molecule has 0 unspecified atom stereocenters. The van der Waals surface area contributed by atoms with Crippen LogP contribution in [0.3, 0.4) is 0 Å². The highest BCUT2D eigenvalue weighted by Gasteiger charge is 2.67. The zero-order valence-corrected chi connectivity index (χ0v) is 17.5. The maximum absolute atomic E-state index is 13.8. The number of aryl methyl sites for hydroxylation is 2. The lowest BCUT2D eigenvalue weighted by Gasteiger charge is -2.50. The molecule has 148 valence electrons. The van der Waals surface area contributed by atoms with Crippen molar-refractivity contribution in [3.05, 3.63) is 100 Å². The lowest BCUT2D eigenvalue weighted by molar-refractivity contribution is -0.122. The Hall–Kier alpha value is -2.91. The Kier molecular flexibility index (Phi) is 3.48. The number of carbonyl (C=O) groups excluding carboxylic acids is 2. The van der Waals surface area contributed by atoms with E-state index in [2.05, 4.69) is 12.1 Å². The van der Waals surface area contributed by atoms with Gasteiger partial charge >= 0.3 is 0 Å². The smallest absolute Gasteiger partial charge is 0.240 e. The topological polar surface area (TPSA) is 37.4 Å². The van der Waals surface area contributed by atoms with E-state index in [1.54, 1.807) is 0 Å². The first-order valence-electron chi connectivity index (χ1n) is 10.3. The molecule has 3 aromatic carbocycles. The van der Waals surface area contributed by atoms with Gasteiger partial charge in [0.15, 0.2) is 0 Å². The maximum Gasteiger partial charge on any atom is 0.240 e. The molecular formula is C26H20ClNO2. The molecule has 3 nitrogen and oxygen atoms in total. The molecule has 4 heteroatoms. The number of hydrogen-bond acceptors (Lipinski definition) is 2. The zero-order chi connectivity index (χ0) is 20.8. The fourth-order valence-electron chi connectivity index (χ4n) is 5.80. The van der Waals surface area contributed by atoms with Crippen LogP contribution in [0.1, 0.15) is 39.3 Å². The van der Waals surface area contributed by atoms with Crippen molar-refractivity contribution in [2.45, 2.75) is 24.6 Å². The summed E-state index contributed by atoms with van der Waals surface area (Å²) in [5.74, 6) is -1.59. The number of carbonyl (C=O) groups is 2. The third-order valence-electron chi connectivity index (χ3n) is 7.26. The SMILES string of the molecule is Cc1ccc(N2C(=O)[C@@H]3C4c5ccccc5C(Cl)(c5ccccc54)[C@@H]3C2=O)cc1C. The van der Waals surface area contributed by atoms with E-state index in [1.807, 2.05) is 68.4 Å². The Morgan fingerprint density at radius 3 is 2.00 bits per heavy atom. The monoisotopic (exact) mass is 413 g/mol. The van der Waals surface area contributed by atoms with Gasteiger partial charge in [-0.25, -0.2) is 4.90 Å². The number of amides is 2. The lowest BCUT2D eigenvalue weighted by atomic mass is 9.54. The summed E-state index contributed by atoms with van der Waals surface area (Å²) < 4.78 is 0. The van der Waals surface area contributed by atoms with E-state index in [0.29, 0.717) is 5.69 Å². The molecule has 0 saturated carbocycles. The maximum atomic E-state index is 13.8. The van der Waals surface area contributed by atoms with Crippen molar-refractivity contribution >= 4 is 29.1 Å². The van der Waals surface area contributed by atoms with Gasteiger partial charge in [-0.2, -0.15) is 0 Å². The molecule has 3 aromatic rings. The van der Waals surface area contributed by atoms with Crippen molar-refractivity contribution in [1.82, 2.24) is 0 Å². The summed E-state index contributed by atoms with van der Waals surface area (Å²) in [6.07, 6.45) is 0. The first kappa shape index (κ1) is 17.9. The Bertz CT molecular complexity index is 1220.